The second-order valence-corrected chi connectivity index (χ2v) is 5.24. The third-order valence-corrected chi connectivity index (χ3v) is 3.98. The van der Waals surface area contributed by atoms with Crippen molar-refractivity contribution in [1.82, 2.24) is 9.78 Å². The third-order valence-electron chi connectivity index (χ3n) is 3.98. The molecule has 2 rings (SSSR count). The molecular formula is C17H25N3. The van der Waals surface area contributed by atoms with Crippen molar-refractivity contribution in [1.29, 1.82) is 0 Å². The minimum absolute atomic E-state index is 0.134. The molecular weight excluding hydrogens is 246 g/mol. The molecule has 1 heterocycles. The molecule has 0 aliphatic rings. The molecule has 0 amide bonds. The maximum atomic E-state index is 6.08. The van der Waals surface area contributed by atoms with E-state index in [2.05, 4.69) is 50.1 Å². The van der Waals surface area contributed by atoms with E-state index in [1.807, 2.05) is 11.7 Å². The molecule has 0 bridgehead atoms. The van der Waals surface area contributed by atoms with Gasteiger partial charge < -0.3 is 5.73 Å². The number of aromatic nitrogens is 2. The van der Waals surface area contributed by atoms with E-state index < -0.39 is 0 Å². The monoisotopic (exact) mass is 271 g/mol. The molecule has 1 atom stereocenters. The van der Waals surface area contributed by atoms with Crippen LogP contribution in [0.2, 0.25) is 0 Å². The van der Waals surface area contributed by atoms with Crippen molar-refractivity contribution in [2.75, 3.05) is 0 Å². The van der Waals surface area contributed by atoms with Gasteiger partial charge in [0.15, 0.2) is 0 Å². The summed E-state index contributed by atoms with van der Waals surface area (Å²) in [6.07, 6.45) is 2.92. The van der Waals surface area contributed by atoms with Gasteiger partial charge in [0.1, 0.15) is 0 Å². The van der Waals surface area contributed by atoms with E-state index in [9.17, 15) is 0 Å². The number of benzene rings is 1. The Bertz CT molecular complexity index is 567. The van der Waals surface area contributed by atoms with Gasteiger partial charge in [-0.25, -0.2) is 0 Å². The zero-order chi connectivity index (χ0) is 14.7. The molecule has 108 valence electrons. The summed E-state index contributed by atoms with van der Waals surface area (Å²) < 4.78 is 2.01. The van der Waals surface area contributed by atoms with Gasteiger partial charge in [-0.1, -0.05) is 45.0 Å². The van der Waals surface area contributed by atoms with Gasteiger partial charge in [-0.2, -0.15) is 5.10 Å². The van der Waals surface area contributed by atoms with Gasteiger partial charge in [0.2, 0.25) is 0 Å². The van der Waals surface area contributed by atoms with Crippen LogP contribution < -0.4 is 5.73 Å². The van der Waals surface area contributed by atoms with Gasteiger partial charge in [-0.05, 0) is 30.4 Å². The topological polar surface area (TPSA) is 43.8 Å². The van der Waals surface area contributed by atoms with E-state index in [1.54, 1.807) is 0 Å². The van der Waals surface area contributed by atoms with Crippen LogP contribution in [-0.2, 0) is 19.9 Å². The Morgan fingerprint density at radius 1 is 1.10 bits per heavy atom. The van der Waals surface area contributed by atoms with E-state index >= 15 is 0 Å². The van der Waals surface area contributed by atoms with Gasteiger partial charge in [0.25, 0.3) is 0 Å². The molecule has 0 aliphatic carbocycles. The van der Waals surface area contributed by atoms with Gasteiger partial charge >= 0.3 is 0 Å². The lowest BCUT2D eigenvalue weighted by Gasteiger charge is -2.11. The quantitative estimate of drug-likeness (QED) is 0.902. The van der Waals surface area contributed by atoms with Crippen LogP contribution in [0.25, 0.3) is 11.1 Å². The molecule has 0 radical (unpaired) electrons. The summed E-state index contributed by atoms with van der Waals surface area (Å²) in [5.41, 5.74) is 12.3. The molecule has 0 fully saturated rings. The van der Waals surface area contributed by atoms with Crippen molar-refractivity contribution < 1.29 is 0 Å². The van der Waals surface area contributed by atoms with Crippen molar-refractivity contribution in [3.63, 3.8) is 0 Å². The van der Waals surface area contributed by atoms with E-state index in [-0.39, 0.29) is 6.04 Å². The Hall–Kier alpha value is -1.61. The Labute approximate surface area is 121 Å². The van der Waals surface area contributed by atoms with Crippen molar-refractivity contribution >= 4 is 0 Å². The lowest BCUT2D eigenvalue weighted by atomic mass is 9.97. The fourth-order valence-corrected chi connectivity index (χ4v) is 2.74. The highest BCUT2D eigenvalue weighted by Gasteiger charge is 2.15. The number of aryl methyl sites for hydroxylation is 2. The predicted octanol–water partition coefficient (Wildman–Crippen LogP) is 3.62. The molecule has 20 heavy (non-hydrogen) atoms. The SMILES string of the molecule is CCc1nn(C)c(CC)c1-c1ccc(C(N)CC)cc1. The first-order chi connectivity index (χ1) is 9.62. The van der Waals surface area contributed by atoms with Crippen LogP contribution in [0.3, 0.4) is 0 Å². The Kier molecular flexibility index (Phi) is 4.61. The summed E-state index contributed by atoms with van der Waals surface area (Å²) in [7, 11) is 2.03. The Morgan fingerprint density at radius 2 is 1.75 bits per heavy atom. The minimum Gasteiger partial charge on any atom is -0.324 e. The Balaban J connectivity index is 2.46. The Morgan fingerprint density at radius 3 is 2.25 bits per heavy atom. The number of hydrogen-bond donors (Lipinski definition) is 1. The molecule has 0 aliphatic heterocycles. The largest absolute Gasteiger partial charge is 0.324 e. The standard InChI is InChI=1S/C17H25N3/c1-5-14(18)12-8-10-13(11-9-12)17-15(6-2)19-20(4)16(17)7-3/h8-11,14H,5-7,18H2,1-4H3. The van der Waals surface area contributed by atoms with Crippen LogP contribution >= 0.6 is 0 Å². The van der Waals surface area contributed by atoms with Crippen LogP contribution in [0.5, 0.6) is 0 Å². The molecule has 3 nitrogen and oxygen atoms in total. The first kappa shape index (κ1) is 14.8. The van der Waals surface area contributed by atoms with E-state index in [0.717, 1.165) is 19.3 Å². The zero-order valence-corrected chi connectivity index (χ0v) is 13.0. The minimum atomic E-state index is 0.134. The number of nitrogens with two attached hydrogens (primary N) is 1. The highest BCUT2D eigenvalue weighted by atomic mass is 15.3. The third kappa shape index (κ3) is 2.63. The van der Waals surface area contributed by atoms with Gasteiger partial charge in [-0.15, -0.1) is 0 Å². The van der Waals surface area contributed by atoms with Crippen LogP contribution in [0.15, 0.2) is 24.3 Å². The molecule has 1 unspecified atom stereocenters. The average molecular weight is 271 g/mol. The highest BCUT2D eigenvalue weighted by molar-refractivity contribution is 5.69. The van der Waals surface area contributed by atoms with Crippen LogP contribution in [0.4, 0.5) is 0 Å². The van der Waals surface area contributed by atoms with Crippen LogP contribution in [0.1, 0.15) is 50.2 Å². The second kappa shape index (κ2) is 6.23. The normalized spacial score (nSPS) is 12.7. The van der Waals surface area contributed by atoms with Crippen molar-refractivity contribution in [2.45, 2.75) is 46.1 Å². The van der Waals surface area contributed by atoms with Gasteiger partial charge in [0, 0.05) is 24.3 Å². The number of rotatable bonds is 5. The highest BCUT2D eigenvalue weighted by Crippen LogP contribution is 2.29. The second-order valence-electron chi connectivity index (χ2n) is 5.24. The molecule has 1 aromatic carbocycles. The summed E-state index contributed by atoms with van der Waals surface area (Å²) >= 11 is 0. The van der Waals surface area contributed by atoms with E-state index in [0.29, 0.717) is 0 Å². The fraction of sp³-hybridized carbons (Fsp3) is 0.471. The molecule has 3 heteroatoms. The molecule has 0 spiro atoms. The van der Waals surface area contributed by atoms with Crippen LogP contribution in [0, 0.1) is 0 Å². The molecule has 0 saturated heterocycles. The van der Waals surface area contributed by atoms with Crippen molar-refractivity contribution in [3.05, 3.63) is 41.2 Å². The molecule has 2 N–H and O–H groups in total. The fourth-order valence-electron chi connectivity index (χ4n) is 2.74. The van der Waals surface area contributed by atoms with Crippen molar-refractivity contribution in [3.8, 4) is 11.1 Å². The van der Waals surface area contributed by atoms with Gasteiger partial charge in [-0.3, -0.25) is 4.68 Å². The smallest absolute Gasteiger partial charge is 0.0703 e. The average Bonchev–Trinajstić information content (AvgIpc) is 2.82. The molecule has 1 aromatic heterocycles. The summed E-state index contributed by atoms with van der Waals surface area (Å²) in [5, 5.41) is 4.64. The maximum absolute atomic E-state index is 6.08. The van der Waals surface area contributed by atoms with Crippen LogP contribution in [-0.4, -0.2) is 9.78 Å². The maximum Gasteiger partial charge on any atom is 0.0703 e. The number of hydrogen-bond acceptors (Lipinski definition) is 2. The zero-order valence-electron chi connectivity index (χ0n) is 13.0. The summed E-state index contributed by atoms with van der Waals surface area (Å²) in [4.78, 5) is 0. The predicted molar refractivity (Wildman–Crippen MR) is 84.6 cm³/mol. The first-order valence-electron chi connectivity index (χ1n) is 7.52. The summed E-state index contributed by atoms with van der Waals surface area (Å²) in [6.45, 7) is 6.46. The lowest BCUT2D eigenvalue weighted by Crippen LogP contribution is -2.08. The number of nitrogens with zero attached hydrogens (tertiary/aromatic N) is 2. The summed E-state index contributed by atoms with van der Waals surface area (Å²) in [6, 6.07) is 8.79. The molecule has 0 saturated carbocycles. The lowest BCUT2D eigenvalue weighted by molar-refractivity contribution is 0.699. The molecule has 2 aromatic rings. The summed E-state index contributed by atoms with van der Waals surface area (Å²) in [5.74, 6) is 0. The first-order valence-corrected chi connectivity index (χ1v) is 7.52. The van der Waals surface area contributed by atoms with Gasteiger partial charge in [0.05, 0.1) is 5.69 Å². The van der Waals surface area contributed by atoms with Crippen molar-refractivity contribution in [2.24, 2.45) is 12.8 Å². The van der Waals surface area contributed by atoms with E-state index in [1.165, 1.54) is 28.1 Å². The van der Waals surface area contributed by atoms with E-state index in [4.69, 9.17) is 5.73 Å².